The van der Waals surface area contributed by atoms with E-state index in [1.54, 1.807) is 0 Å². The molecule has 2 saturated carbocycles. The number of allylic oxidation sites excluding steroid dienone is 3. The van der Waals surface area contributed by atoms with Crippen LogP contribution in [-0.4, -0.2) is 30.0 Å². The molecule has 2 fully saturated rings. The first-order valence-corrected chi connectivity index (χ1v) is 11.6. The Balaban J connectivity index is 1.34. The zero-order valence-corrected chi connectivity index (χ0v) is 18.5. The van der Waals surface area contributed by atoms with Gasteiger partial charge in [-0.15, -0.1) is 0 Å². The van der Waals surface area contributed by atoms with Crippen LogP contribution in [0.4, 0.5) is 0 Å². The first-order valence-electron chi connectivity index (χ1n) is 11.6. The predicted octanol–water partition coefficient (Wildman–Crippen LogP) is 4.91. The van der Waals surface area contributed by atoms with Gasteiger partial charge in [0.1, 0.15) is 5.75 Å². The standard InChI is InChI=1S/C26H37NO3/c1-3-29-23-6-4-5-19(13-23)17-30-24-8-7-21-15-25(2,11-9-20(21)14-24)22-10-12-26(27,16-22)18-28/h4-6,9,13,15,22,24,28H,3,7-8,10-12,14,16-18,27H2,1-2H3/t22-,24+,25?,26+/m0/s1. The van der Waals surface area contributed by atoms with Gasteiger partial charge in [-0.2, -0.15) is 0 Å². The fourth-order valence-electron chi connectivity index (χ4n) is 5.53. The van der Waals surface area contributed by atoms with Crippen LogP contribution in [0.15, 0.2) is 47.6 Å². The van der Waals surface area contributed by atoms with E-state index in [9.17, 15) is 5.11 Å². The average Bonchev–Trinajstić information content (AvgIpc) is 3.17. The summed E-state index contributed by atoms with van der Waals surface area (Å²) in [6.07, 6.45) is 12.5. The monoisotopic (exact) mass is 411 g/mol. The van der Waals surface area contributed by atoms with Crippen LogP contribution in [0.1, 0.15) is 64.4 Å². The summed E-state index contributed by atoms with van der Waals surface area (Å²) in [5.41, 5.74) is 10.3. The molecule has 3 N–H and O–H groups in total. The van der Waals surface area contributed by atoms with Gasteiger partial charge in [0.25, 0.3) is 0 Å². The Morgan fingerprint density at radius 2 is 2.10 bits per heavy atom. The fourth-order valence-corrected chi connectivity index (χ4v) is 5.53. The van der Waals surface area contributed by atoms with E-state index in [4.69, 9.17) is 15.2 Å². The molecular weight excluding hydrogens is 374 g/mol. The molecule has 0 aromatic heterocycles. The second-order valence-electron chi connectivity index (χ2n) is 9.83. The lowest BCUT2D eigenvalue weighted by Gasteiger charge is -2.39. The minimum Gasteiger partial charge on any atom is -0.494 e. The second kappa shape index (κ2) is 8.86. The van der Waals surface area contributed by atoms with Crippen molar-refractivity contribution >= 4 is 0 Å². The Morgan fingerprint density at radius 3 is 2.87 bits per heavy atom. The molecule has 0 amide bonds. The summed E-state index contributed by atoms with van der Waals surface area (Å²) >= 11 is 0. The Morgan fingerprint density at radius 1 is 1.23 bits per heavy atom. The molecule has 3 aliphatic rings. The number of fused-ring (bicyclic) bond motifs is 1. The molecule has 1 unspecified atom stereocenters. The molecule has 0 radical (unpaired) electrons. The lowest BCUT2D eigenvalue weighted by Crippen LogP contribution is -2.42. The van der Waals surface area contributed by atoms with E-state index in [0.717, 1.165) is 50.7 Å². The highest BCUT2D eigenvalue weighted by atomic mass is 16.5. The number of ether oxygens (including phenoxy) is 2. The van der Waals surface area contributed by atoms with E-state index in [1.165, 1.54) is 16.7 Å². The maximum absolute atomic E-state index is 9.64. The lowest BCUT2D eigenvalue weighted by atomic mass is 9.67. The summed E-state index contributed by atoms with van der Waals surface area (Å²) in [5.74, 6) is 1.47. The van der Waals surface area contributed by atoms with E-state index in [0.29, 0.717) is 19.1 Å². The topological polar surface area (TPSA) is 64.7 Å². The zero-order chi connectivity index (χ0) is 21.2. The van der Waals surface area contributed by atoms with Crippen LogP contribution in [0.2, 0.25) is 0 Å². The number of nitrogens with two attached hydrogens (primary N) is 1. The molecule has 4 heteroatoms. The number of aliphatic hydroxyl groups excluding tert-OH is 1. The van der Waals surface area contributed by atoms with Crippen LogP contribution in [-0.2, 0) is 11.3 Å². The summed E-state index contributed by atoms with van der Waals surface area (Å²) in [6.45, 7) is 5.81. The predicted molar refractivity (Wildman–Crippen MR) is 120 cm³/mol. The highest BCUT2D eigenvalue weighted by Crippen LogP contribution is 2.50. The van der Waals surface area contributed by atoms with Gasteiger partial charge in [0.05, 0.1) is 25.9 Å². The van der Waals surface area contributed by atoms with Crippen LogP contribution >= 0.6 is 0 Å². The van der Waals surface area contributed by atoms with Crippen molar-refractivity contribution in [1.82, 2.24) is 0 Å². The number of aliphatic hydroxyl groups is 1. The molecule has 0 bridgehead atoms. The van der Waals surface area contributed by atoms with Gasteiger partial charge in [-0.05, 0) is 92.0 Å². The molecule has 4 rings (SSSR count). The normalized spacial score (nSPS) is 33.6. The third kappa shape index (κ3) is 4.66. The smallest absolute Gasteiger partial charge is 0.119 e. The number of rotatable bonds is 7. The van der Waals surface area contributed by atoms with Crippen LogP contribution in [0.5, 0.6) is 5.75 Å². The molecule has 164 valence electrons. The highest BCUT2D eigenvalue weighted by Gasteiger charge is 2.44. The summed E-state index contributed by atoms with van der Waals surface area (Å²) < 4.78 is 11.9. The first-order chi connectivity index (χ1) is 14.4. The third-order valence-corrected chi connectivity index (χ3v) is 7.47. The van der Waals surface area contributed by atoms with Gasteiger partial charge in [-0.1, -0.05) is 31.2 Å². The highest BCUT2D eigenvalue weighted by molar-refractivity contribution is 5.39. The molecule has 4 atom stereocenters. The van der Waals surface area contributed by atoms with E-state index < -0.39 is 0 Å². The van der Waals surface area contributed by atoms with Crippen molar-refractivity contribution in [3.8, 4) is 5.75 Å². The quantitative estimate of drug-likeness (QED) is 0.669. The minimum atomic E-state index is -0.374. The molecule has 1 aromatic carbocycles. The molecule has 3 aliphatic carbocycles. The first kappa shape index (κ1) is 21.6. The van der Waals surface area contributed by atoms with Crippen molar-refractivity contribution in [3.63, 3.8) is 0 Å². The maximum atomic E-state index is 9.64. The Labute approximate surface area is 181 Å². The van der Waals surface area contributed by atoms with Crippen molar-refractivity contribution in [3.05, 3.63) is 53.1 Å². The third-order valence-electron chi connectivity index (χ3n) is 7.47. The Kier molecular flexibility index (Phi) is 6.38. The van der Waals surface area contributed by atoms with Crippen molar-refractivity contribution in [2.75, 3.05) is 13.2 Å². The number of hydrogen-bond acceptors (Lipinski definition) is 4. The van der Waals surface area contributed by atoms with Crippen molar-refractivity contribution in [1.29, 1.82) is 0 Å². The molecule has 0 heterocycles. The molecule has 0 aliphatic heterocycles. The maximum Gasteiger partial charge on any atom is 0.119 e. The molecular formula is C26H37NO3. The molecule has 4 nitrogen and oxygen atoms in total. The number of hydrogen-bond donors (Lipinski definition) is 2. The van der Waals surface area contributed by atoms with Crippen LogP contribution in [0.25, 0.3) is 0 Å². The van der Waals surface area contributed by atoms with Crippen LogP contribution < -0.4 is 10.5 Å². The summed E-state index contributed by atoms with van der Waals surface area (Å²) in [5, 5.41) is 9.64. The zero-order valence-electron chi connectivity index (χ0n) is 18.5. The van der Waals surface area contributed by atoms with E-state index in [2.05, 4.69) is 31.2 Å². The second-order valence-corrected chi connectivity index (χ2v) is 9.83. The van der Waals surface area contributed by atoms with E-state index in [1.807, 2.05) is 19.1 Å². The summed E-state index contributed by atoms with van der Waals surface area (Å²) in [6, 6.07) is 8.21. The molecule has 0 saturated heterocycles. The Hall–Kier alpha value is -1.62. The summed E-state index contributed by atoms with van der Waals surface area (Å²) in [7, 11) is 0. The van der Waals surface area contributed by atoms with Gasteiger partial charge in [-0.3, -0.25) is 0 Å². The fraction of sp³-hybridized carbons (Fsp3) is 0.615. The van der Waals surface area contributed by atoms with Crippen molar-refractivity contribution in [2.24, 2.45) is 17.1 Å². The van der Waals surface area contributed by atoms with Crippen LogP contribution in [0, 0.1) is 11.3 Å². The average molecular weight is 412 g/mol. The SMILES string of the molecule is CCOc1cccc(CO[C@@H]2CCC3=CC(C)([C@H]4CC[C@](N)(CO)C4)CC=C3C2)c1. The molecule has 1 aromatic rings. The summed E-state index contributed by atoms with van der Waals surface area (Å²) in [4.78, 5) is 0. The van der Waals surface area contributed by atoms with E-state index in [-0.39, 0.29) is 23.7 Å². The van der Waals surface area contributed by atoms with Gasteiger partial charge in [0, 0.05) is 5.54 Å². The van der Waals surface area contributed by atoms with Crippen LogP contribution in [0.3, 0.4) is 0 Å². The van der Waals surface area contributed by atoms with Gasteiger partial charge in [-0.25, -0.2) is 0 Å². The van der Waals surface area contributed by atoms with Gasteiger partial charge in [0.2, 0.25) is 0 Å². The van der Waals surface area contributed by atoms with Gasteiger partial charge >= 0.3 is 0 Å². The Bertz CT molecular complexity index is 816. The van der Waals surface area contributed by atoms with E-state index >= 15 is 0 Å². The van der Waals surface area contributed by atoms with Crippen molar-refractivity contribution in [2.45, 2.75) is 77.0 Å². The minimum absolute atomic E-state index is 0.101. The molecule has 30 heavy (non-hydrogen) atoms. The number of benzene rings is 1. The van der Waals surface area contributed by atoms with Crippen molar-refractivity contribution < 1.29 is 14.6 Å². The molecule has 0 spiro atoms. The largest absolute Gasteiger partial charge is 0.494 e. The lowest BCUT2D eigenvalue weighted by molar-refractivity contribution is 0.0310. The van der Waals surface area contributed by atoms with Gasteiger partial charge < -0.3 is 20.3 Å². The van der Waals surface area contributed by atoms with Gasteiger partial charge in [0.15, 0.2) is 0 Å².